The number of amides is 2. The van der Waals surface area contributed by atoms with E-state index in [4.69, 9.17) is 4.74 Å². The summed E-state index contributed by atoms with van der Waals surface area (Å²) in [4.78, 5) is 27.0. The maximum Gasteiger partial charge on any atom is 0.243 e. The van der Waals surface area contributed by atoms with Gasteiger partial charge in [-0.05, 0) is 49.6 Å². The first-order chi connectivity index (χ1) is 13.0. The predicted molar refractivity (Wildman–Crippen MR) is 101 cm³/mol. The molecule has 0 bridgehead atoms. The van der Waals surface area contributed by atoms with Gasteiger partial charge in [-0.2, -0.15) is 0 Å². The van der Waals surface area contributed by atoms with Gasteiger partial charge in [0.1, 0.15) is 11.6 Å². The van der Waals surface area contributed by atoms with E-state index in [0.717, 1.165) is 5.56 Å². The summed E-state index contributed by atoms with van der Waals surface area (Å²) >= 11 is 0. The molecule has 2 aromatic rings. The minimum atomic E-state index is -0.625. The lowest BCUT2D eigenvalue weighted by Crippen LogP contribution is -2.43. The molecule has 0 heterocycles. The average molecular weight is 370 g/mol. The summed E-state index contributed by atoms with van der Waals surface area (Å²) in [6.45, 7) is 2.24. The molecular weight excluding hydrogens is 347 g/mol. The highest BCUT2D eigenvalue weighted by Gasteiger charge is 2.52. The molecule has 3 rings (SSSR count). The van der Waals surface area contributed by atoms with Gasteiger partial charge in [-0.3, -0.25) is 9.59 Å². The molecule has 1 N–H and O–H groups in total. The number of hydrogen-bond donors (Lipinski definition) is 1. The molecule has 0 unspecified atom stereocenters. The van der Waals surface area contributed by atoms with Gasteiger partial charge in [-0.15, -0.1) is 0 Å². The first-order valence-corrected chi connectivity index (χ1v) is 8.98. The van der Waals surface area contributed by atoms with E-state index in [1.165, 1.54) is 12.1 Å². The summed E-state index contributed by atoms with van der Waals surface area (Å²) in [5.41, 5.74) is 0.794. The van der Waals surface area contributed by atoms with Gasteiger partial charge in [-0.1, -0.05) is 18.2 Å². The Bertz CT molecular complexity index is 832. The Labute approximate surface area is 158 Å². The van der Waals surface area contributed by atoms with Crippen LogP contribution in [0.1, 0.15) is 25.3 Å². The van der Waals surface area contributed by atoms with Crippen molar-refractivity contribution in [2.45, 2.75) is 25.2 Å². The van der Waals surface area contributed by atoms with Crippen LogP contribution in [-0.2, 0) is 15.0 Å². The molecule has 2 aromatic carbocycles. The van der Waals surface area contributed by atoms with Crippen LogP contribution in [0.4, 0.5) is 10.1 Å². The smallest absolute Gasteiger partial charge is 0.243 e. The van der Waals surface area contributed by atoms with Crippen LogP contribution in [0, 0.1) is 5.82 Å². The molecule has 0 spiro atoms. The van der Waals surface area contributed by atoms with E-state index in [-0.39, 0.29) is 24.2 Å². The molecule has 0 radical (unpaired) electrons. The summed E-state index contributed by atoms with van der Waals surface area (Å²) < 4.78 is 18.3. The SMILES string of the molecule is CCN(CC(=O)Nc1cccc(OC)c1)C(=O)C1(c2ccc(F)cc2)CC1. The number of methoxy groups -OCH3 is 1. The number of carbonyl (C=O) groups excluding carboxylic acids is 2. The molecule has 5 nitrogen and oxygen atoms in total. The number of rotatable bonds is 7. The second-order valence-corrected chi connectivity index (χ2v) is 6.69. The third kappa shape index (κ3) is 4.10. The van der Waals surface area contributed by atoms with E-state index in [9.17, 15) is 14.0 Å². The highest BCUT2D eigenvalue weighted by molar-refractivity contribution is 5.97. The molecule has 2 amide bonds. The molecule has 6 heteroatoms. The number of nitrogens with zero attached hydrogens (tertiary/aromatic N) is 1. The van der Waals surface area contributed by atoms with E-state index in [1.807, 2.05) is 6.92 Å². The van der Waals surface area contributed by atoms with Gasteiger partial charge in [0, 0.05) is 18.3 Å². The van der Waals surface area contributed by atoms with Gasteiger partial charge in [0.05, 0.1) is 19.1 Å². The highest BCUT2D eigenvalue weighted by Crippen LogP contribution is 2.49. The molecule has 1 fully saturated rings. The third-order valence-corrected chi connectivity index (χ3v) is 4.91. The Balaban J connectivity index is 1.68. The molecular formula is C21H23FN2O3. The second kappa shape index (κ2) is 7.78. The number of halogens is 1. The van der Waals surface area contributed by atoms with Crippen molar-refractivity contribution < 1.29 is 18.7 Å². The minimum absolute atomic E-state index is 0.0323. The van der Waals surface area contributed by atoms with E-state index in [2.05, 4.69) is 5.32 Å². The fraction of sp³-hybridized carbons (Fsp3) is 0.333. The average Bonchev–Trinajstić information content (AvgIpc) is 3.48. The van der Waals surface area contributed by atoms with Gasteiger partial charge in [0.2, 0.25) is 11.8 Å². The monoisotopic (exact) mass is 370 g/mol. The number of ether oxygens (including phenoxy) is 1. The standard InChI is InChI=1S/C21H23FN2O3/c1-3-24(14-19(25)23-17-5-4-6-18(13-17)27-2)20(26)21(11-12-21)15-7-9-16(22)10-8-15/h4-10,13H,3,11-12,14H2,1-2H3,(H,23,25). The van der Waals surface area contributed by atoms with Gasteiger partial charge in [0.15, 0.2) is 0 Å². The maximum atomic E-state index is 13.2. The Morgan fingerprint density at radius 1 is 1.19 bits per heavy atom. The fourth-order valence-electron chi connectivity index (χ4n) is 3.22. The molecule has 142 valence electrons. The molecule has 27 heavy (non-hydrogen) atoms. The first kappa shape index (κ1) is 18.9. The van der Waals surface area contributed by atoms with Crippen molar-refractivity contribution in [2.24, 2.45) is 0 Å². The summed E-state index contributed by atoms with van der Waals surface area (Å²) in [6.07, 6.45) is 1.43. The Morgan fingerprint density at radius 3 is 2.48 bits per heavy atom. The molecule has 1 saturated carbocycles. The predicted octanol–water partition coefficient (Wildman–Crippen LogP) is 3.35. The van der Waals surface area contributed by atoms with E-state index in [1.54, 1.807) is 48.4 Å². The zero-order chi connectivity index (χ0) is 19.4. The number of benzene rings is 2. The van der Waals surface area contributed by atoms with Crippen LogP contribution in [0.25, 0.3) is 0 Å². The van der Waals surface area contributed by atoms with Crippen LogP contribution < -0.4 is 10.1 Å². The molecule has 1 aliphatic carbocycles. The minimum Gasteiger partial charge on any atom is -0.497 e. The van der Waals surface area contributed by atoms with Crippen molar-refractivity contribution in [1.29, 1.82) is 0 Å². The molecule has 0 saturated heterocycles. The van der Waals surface area contributed by atoms with E-state index >= 15 is 0 Å². The molecule has 1 aliphatic rings. The lowest BCUT2D eigenvalue weighted by atomic mass is 9.94. The first-order valence-electron chi connectivity index (χ1n) is 8.98. The largest absolute Gasteiger partial charge is 0.497 e. The Morgan fingerprint density at radius 2 is 1.89 bits per heavy atom. The van der Waals surface area contributed by atoms with Crippen LogP contribution in [0.15, 0.2) is 48.5 Å². The quantitative estimate of drug-likeness (QED) is 0.813. The van der Waals surface area contributed by atoms with Crippen molar-refractivity contribution in [1.82, 2.24) is 4.90 Å². The lowest BCUT2D eigenvalue weighted by Gasteiger charge is -2.26. The summed E-state index contributed by atoms with van der Waals surface area (Å²) in [5.74, 6) is -0.0396. The van der Waals surface area contributed by atoms with Crippen molar-refractivity contribution in [3.8, 4) is 5.75 Å². The topological polar surface area (TPSA) is 58.6 Å². The van der Waals surface area contributed by atoms with Crippen LogP contribution >= 0.6 is 0 Å². The Kier molecular flexibility index (Phi) is 5.44. The summed E-state index contributed by atoms with van der Waals surface area (Å²) in [6, 6.07) is 13.1. The van der Waals surface area contributed by atoms with E-state index < -0.39 is 5.41 Å². The molecule has 0 aromatic heterocycles. The fourth-order valence-corrected chi connectivity index (χ4v) is 3.22. The number of carbonyl (C=O) groups is 2. The number of hydrogen-bond acceptors (Lipinski definition) is 3. The van der Waals surface area contributed by atoms with Crippen LogP contribution in [-0.4, -0.2) is 36.9 Å². The van der Waals surface area contributed by atoms with Gasteiger partial charge < -0.3 is 15.0 Å². The zero-order valence-corrected chi connectivity index (χ0v) is 15.5. The van der Waals surface area contributed by atoms with Crippen molar-refractivity contribution in [2.75, 3.05) is 25.5 Å². The maximum absolute atomic E-state index is 13.2. The van der Waals surface area contributed by atoms with Crippen LogP contribution in [0.2, 0.25) is 0 Å². The third-order valence-electron chi connectivity index (χ3n) is 4.91. The number of likely N-dealkylation sites (N-methyl/N-ethyl adjacent to an activating group) is 1. The van der Waals surface area contributed by atoms with Crippen LogP contribution in [0.3, 0.4) is 0 Å². The normalized spacial score (nSPS) is 14.3. The number of anilines is 1. The molecule has 0 atom stereocenters. The highest BCUT2D eigenvalue weighted by atomic mass is 19.1. The van der Waals surface area contributed by atoms with Gasteiger partial charge in [-0.25, -0.2) is 4.39 Å². The van der Waals surface area contributed by atoms with Gasteiger partial charge in [0.25, 0.3) is 0 Å². The summed E-state index contributed by atoms with van der Waals surface area (Å²) in [5, 5.41) is 2.79. The number of nitrogens with one attached hydrogen (secondary N) is 1. The Hall–Kier alpha value is -2.89. The lowest BCUT2D eigenvalue weighted by molar-refractivity contribution is -0.136. The van der Waals surface area contributed by atoms with Crippen molar-refractivity contribution >= 4 is 17.5 Å². The summed E-state index contributed by atoms with van der Waals surface area (Å²) in [7, 11) is 1.56. The van der Waals surface area contributed by atoms with E-state index in [0.29, 0.717) is 30.8 Å². The zero-order valence-electron chi connectivity index (χ0n) is 15.5. The van der Waals surface area contributed by atoms with Crippen LogP contribution in [0.5, 0.6) is 5.75 Å². The van der Waals surface area contributed by atoms with Gasteiger partial charge >= 0.3 is 0 Å². The second-order valence-electron chi connectivity index (χ2n) is 6.69. The van der Waals surface area contributed by atoms with Crippen molar-refractivity contribution in [3.05, 3.63) is 59.9 Å². The molecule has 0 aliphatic heterocycles. The van der Waals surface area contributed by atoms with Crippen molar-refractivity contribution in [3.63, 3.8) is 0 Å².